The van der Waals surface area contributed by atoms with E-state index in [2.05, 4.69) is 12.2 Å². The summed E-state index contributed by atoms with van der Waals surface area (Å²) in [5.74, 6) is -0.133. The predicted octanol–water partition coefficient (Wildman–Crippen LogP) is 3.45. The molecule has 0 bridgehead atoms. The van der Waals surface area contributed by atoms with Crippen LogP contribution in [0.2, 0.25) is 0 Å². The molecular formula is C12H17F2NS. The predicted molar refractivity (Wildman–Crippen MR) is 64.8 cm³/mol. The molecule has 0 saturated heterocycles. The lowest BCUT2D eigenvalue weighted by Gasteiger charge is -2.09. The Kier molecular flexibility index (Phi) is 5.77. The molecule has 0 fully saturated rings. The van der Waals surface area contributed by atoms with E-state index in [1.54, 1.807) is 0 Å². The number of nitrogens with one attached hydrogen (secondary N) is 1. The standard InChI is InChI=1S/C12H17F2NS/c1-9(15-2)4-3-7-16-12-6-5-10(13)8-11(12)14/h5-6,8-9,15H,3-4,7H2,1-2H3. The molecule has 0 saturated carbocycles. The summed E-state index contributed by atoms with van der Waals surface area (Å²) in [6, 6.07) is 4.20. The van der Waals surface area contributed by atoms with Crippen LogP contribution in [0.15, 0.2) is 23.1 Å². The molecule has 1 aromatic rings. The molecule has 0 amide bonds. The van der Waals surface area contributed by atoms with E-state index in [1.807, 2.05) is 7.05 Å². The topological polar surface area (TPSA) is 12.0 Å². The van der Waals surface area contributed by atoms with E-state index in [9.17, 15) is 8.78 Å². The highest BCUT2D eigenvalue weighted by Crippen LogP contribution is 2.23. The first-order chi connectivity index (χ1) is 7.63. The van der Waals surface area contributed by atoms with Crippen LogP contribution in [0.4, 0.5) is 8.78 Å². The summed E-state index contributed by atoms with van der Waals surface area (Å²) in [5, 5.41) is 3.15. The summed E-state index contributed by atoms with van der Waals surface area (Å²) in [7, 11) is 1.93. The van der Waals surface area contributed by atoms with E-state index in [4.69, 9.17) is 0 Å². The second-order valence-corrected chi connectivity index (χ2v) is 4.89. The summed E-state index contributed by atoms with van der Waals surface area (Å²) in [4.78, 5) is 0.526. The van der Waals surface area contributed by atoms with Crippen LogP contribution in [0.25, 0.3) is 0 Å². The molecule has 0 aromatic heterocycles. The van der Waals surface area contributed by atoms with Crippen molar-refractivity contribution in [1.82, 2.24) is 5.32 Å². The molecule has 1 nitrogen and oxygen atoms in total. The van der Waals surface area contributed by atoms with Gasteiger partial charge in [0.15, 0.2) is 0 Å². The van der Waals surface area contributed by atoms with Crippen LogP contribution in [0, 0.1) is 11.6 Å². The Hall–Kier alpha value is -0.610. The van der Waals surface area contributed by atoms with Gasteiger partial charge in [0.25, 0.3) is 0 Å². The van der Waals surface area contributed by atoms with Crippen molar-refractivity contribution in [1.29, 1.82) is 0 Å². The Labute approximate surface area is 99.6 Å². The van der Waals surface area contributed by atoms with Gasteiger partial charge in [-0.15, -0.1) is 11.8 Å². The second-order valence-electron chi connectivity index (χ2n) is 3.76. The van der Waals surface area contributed by atoms with Gasteiger partial charge in [-0.1, -0.05) is 0 Å². The third kappa shape index (κ3) is 4.49. The summed E-state index contributed by atoms with van der Waals surface area (Å²) >= 11 is 1.44. The quantitative estimate of drug-likeness (QED) is 0.608. The largest absolute Gasteiger partial charge is 0.317 e. The van der Waals surface area contributed by atoms with Crippen LogP contribution in [-0.4, -0.2) is 18.8 Å². The molecule has 0 heterocycles. The van der Waals surface area contributed by atoms with Gasteiger partial charge in [-0.25, -0.2) is 8.78 Å². The first kappa shape index (κ1) is 13.5. The van der Waals surface area contributed by atoms with Crippen molar-refractivity contribution in [3.05, 3.63) is 29.8 Å². The molecule has 0 aliphatic rings. The van der Waals surface area contributed by atoms with Crippen LogP contribution >= 0.6 is 11.8 Å². The molecule has 0 spiro atoms. The fourth-order valence-corrected chi connectivity index (χ4v) is 2.20. The van der Waals surface area contributed by atoms with E-state index in [0.717, 1.165) is 24.7 Å². The lowest BCUT2D eigenvalue weighted by Crippen LogP contribution is -2.20. The minimum Gasteiger partial charge on any atom is -0.317 e. The van der Waals surface area contributed by atoms with Gasteiger partial charge in [0.1, 0.15) is 11.6 Å². The Morgan fingerprint density at radius 1 is 1.38 bits per heavy atom. The molecule has 90 valence electrons. The highest BCUT2D eigenvalue weighted by Gasteiger charge is 2.04. The molecule has 1 rings (SSSR count). The van der Waals surface area contributed by atoms with E-state index in [0.29, 0.717) is 10.9 Å². The summed E-state index contributed by atoms with van der Waals surface area (Å²) in [6.07, 6.45) is 2.08. The van der Waals surface area contributed by atoms with Gasteiger partial charge in [0.2, 0.25) is 0 Å². The average Bonchev–Trinajstić information content (AvgIpc) is 2.26. The zero-order valence-corrected chi connectivity index (χ0v) is 10.4. The first-order valence-corrected chi connectivity index (χ1v) is 6.37. The summed E-state index contributed by atoms with van der Waals surface area (Å²) in [5.41, 5.74) is 0. The Bertz CT molecular complexity index is 331. The van der Waals surface area contributed by atoms with Crippen molar-refractivity contribution >= 4 is 11.8 Å². The number of hydrogen-bond acceptors (Lipinski definition) is 2. The van der Waals surface area contributed by atoms with Crippen molar-refractivity contribution in [3.63, 3.8) is 0 Å². The van der Waals surface area contributed by atoms with Gasteiger partial charge in [-0.2, -0.15) is 0 Å². The maximum absolute atomic E-state index is 13.2. The smallest absolute Gasteiger partial charge is 0.139 e. The molecule has 4 heteroatoms. The molecule has 0 aliphatic heterocycles. The third-order valence-electron chi connectivity index (χ3n) is 2.43. The fourth-order valence-electron chi connectivity index (χ4n) is 1.31. The van der Waals surface area contributed by atoms with Gasteiger partial charge in [-0.3, -0.25) is 0 Å². The highest BCUT2D eigenvalue weighted by atomic mass is 32.2. The van der Waals surface area contributed by atoms with Gasteiger partial charge >= 0.3 is 0 Å². The van der Waals surface area contributed by atoms with Crippen LogP contribution in [0.1, 0.15) is 19.8 Å². The zero-order valence-electron chi connectivity index (χ0n) is 9.59. The summed E-state index contributed by atoms with van der Waals surface area (Å²) in [6.45, 7) is 2.11. The summed E-state index contributed by atoms with van der Waals surface area (Å²) < 4.78 is 25.9. The van der Waals surface area contributed by atoms with Crippen LogP contribution in [0.3, 0.4) is 0 Å². The monoisotopic (exact) mass is 245 g/mol. The molecule has 16 heavy (non-hydrogen) atoms. The first-order valence-electron chi connectivity index (χ1n) is 5.38. The molecule has 1 aromatic carbocycles. The molecule has 1 atom stereocenters. The number of benzene rings is 1. The normalized spacial score (nSPS) is 12.8. The molecular weight excluding hydrogens is 228 g/mol. The minimum atomic E-state index is -0.523. The SMILES string of the molecule is CNC(C)CCCSc1ccc(F)cc1F. The number of rotatable bonds is 6. The molecule has 1 unspecified atom stereocenters. The molecule has 0 aliphatic carbocycles. The maximum Gasteiger partial charge on any atom is 0.139 e. The van der Waals surface area contributed by atoms with Crippen LogP contribution in [0.5, 0.6) is 0 Å². The molecule has 1 N–H and O–H groups in total. The van der Waals surface area contributed by atoms with Crippen molar-refractivity contribution in [2.75, 3.05) is 12.8 Å². The number of thioether (sulfide) groups is 1. The minimum absolute atomic E-state index is 0.466. The number of halogens is 2. The van der Waals surface area contributed by atoms with E-state index in [-0.39, 0.29) is 0 Å². The lowest BCUT2D eigenvalue weighted by molar-refractivity contribution is 0.558. The average molecular weight is 245 g/mol. The molecule has 0 radical (unpaired) electrons. The van der Waals surface area contributed by atoms with Crippen LogP contribution in [-0.2, 0) is 0 Å². The Balaban J connectivity index is 2.32. The fraction of sp³-hybridized carbons (Fsp3) is 0.500. The zero-order chi connectivity index (χ0) is 12.0. The van der Waals surface area contributed by atoms with Gasteiger partial charge in [-0.05, 0) is 44.7 Å². The highest BCUT2D eigenvalue weighted by molar-refractivity contribution is 7.99. The van der Waals surface area contributed by atoms with Gasteiger partial charge < -0.3 is 5.32 Å². The number of hydrogen-bond donors (Lipinski definition) is 1. The van der Waals surface area contributed by atoms with Crippen molar-refractivity contribution in [2.45, 2.75) is 30.7 Å². The van der Waals surface area contributed by atoms with Gasteiger partial charge in [0.05, 0.1) is 0 Å². The van der Waals surface area contributed by atoms with Gasteiger partial charge in [0, 0.05) is 17.0 Å². The van der Waals surface area contributed by atoms with E-state index >= 15 is 0 Å². The van der Waals surface area contributed by atoms with E-state index < -0.39 is 11.6 Å². The second kappa shape index (κ2) is 6.86. The third-order valence-corrected chi connectivity index (χ3v) is 3.56. The Morgan fingerprint density at radius 2 is 2.12 bits per heavy atom. The van der Waals surface area contributed by atoms with Crippen molar-refractivity contribution in [3.8, 4) is 0 Å². The van der Waals surface area contributed by atoms with Crippen molar-refractivity contribution < 1.29 is 8.78 Å². The lowest BCUT2D eigenvalue weighted by atomic mass is 10.2. The van der Waals surface area contributed by atoms with Crippen LogP contribution < -0.4 is 5.32 Å². The van der Waals surface area contributed by atoms with E-state index in [1.165, 1.54) is 23.9 Å². The maximum atomic E-state index is 13.2. The van der Waals surface area contributed by atoms with Crippen molar-refractivity contribution in [2.24, 2.45) is 0 Å². The Morgan fingerprint density at radius 3 is 2.75 bits per heavy atom.